The van der Waals surface area contributed by atoms with Crippen molar-refractivity contribution >= 4 is 21.6 Å². The van der Waals surface area contributed by atoms with Gasteiger partial charge in [-0.3, -0.25) is 4.79 Å². The number of fused-ring (bicyclic) bond motifs is 1. The number of H-pyrrole nitrogens is 1. The van der Waals surface area contributed by atoms with Crippen LogP contribution >= 0.6 is 11.3 Å². The lowest BCUT2D eigenvalue weighted by Gasteiger charge is -1.95. The molecule has 4 nitrogen and oxygen atoms in total. The van der Waals surface area contributed by atoms with Crippen molar-refractivity contribution in [3.05, 3.63) is 27.1 Å². The molecule has 2 rings (SSSR count). The summed E-state index contributed by atoms with van der Waals surface area (Å²) in [5, 5.41) is 9.64. The van der Waals surface area contributed by atoms with E-state index in [-0.39, 0.29) is 12.2 Å². The predicted octanol–water partition coefficient (Wildman–Crippen LogP) is 2.60. The summed E-state index contributed by atoms with van der Waals surface area (Å²) < 4.78 is 0. The van der Waals surface area contributed by atoms with Crippen LogP contribution < -0.4 is 5.56 Å². The van der Waals surface area contributed by atoms with Crippen molar-refractivity contribution in [3.8, 4) is 0 Å². The summed E-state index contributed by atoms with van der Waals surface area (Å²) in [6.45, 7) is 1.97. The van der Waals surface area contributed by atoms with Crippen LogP contribution in [0.3, 0.4) is 0 Å². The van der Waals surface area contributed by atoms with Gasteiger partial charge in [-0.05, 0) is 18.9 Å². The zero-order valence-corrected chi connectivity index (χ0v) is 11.3. The van der Waals surface area contributed by atoms with Crippen LogP contribution in [0.25, 0.3) is 10.2 Å². The maximum atomic E-state index is 11.7. The highest BCUT2D eigenvalue weighted by Gasteiger charge is 2.08. The van der Waals surface area contributed by atoms with Crippen molar-refractivity contribution in [2.75, 3.05) is 0 Å². The molecule has 2 aromatic heterocycles. The third-order valence-electron chi connectivity index (χ3n) is 2.93. The molecule has 0 amide bonds. The monoisotopic (exact) mass is 266 g/mol. The summed E-state index contributed by atoms with van der Waals surface area (Å²) in [6.07, 6.45) is 5.89. The lowest BCUT2D eigenvalue weighted by Crippen LogP contribution is -2.10. The zero-order chi connectivity index (χ0) is 13.0. The van der Waals surface area contributed by atoms with Crippen molar-refractivity contribution in [1.82, 2.24) is 9.97 Å². The zero-order valence-electron chi connectivity index (χ0n) is 10.5. The van der Waals surface area contributed by atoms with E-state index in [2.05, 4.69) is 16.9 Å². The normalized spacial score (nSPS) is 11.2. The molecule has 0 bridgehead atoms. The van der Waals surface area contributed by atoms with E-state index in [9.17, 15) is 4.79 Å². The maximum Gasteiger partial charge on any atom is 0.259 e. The van der Waals surface area contributed by atoms with Gasteiger partial charge in [0.25, 0.3) is 5.56 Å². The molecule has 0 atom stereocenters. The van der Waals surface area contributed by atoms with E-state index in [0.29, 0.717) is 11.2 Å². The number of aliphatic hydroxyl groups excluding tert-OH is 1. The van der Waals surface area contributed by atoms with Crippen molar-refractivity contribution in [1.29, 1.82) is 0 Å². The van der Waals surface area contributed by atoms with E-state index >= 15 is 0 Å². The number of aryl methyl sites for hydroxylation is 1. The lowest BCUT2D eigenvalue weighted by atomic mass is 10.1. The van der Waals surface area contributed by atoms with Crippen molar-refractivity contribution in [3.63, 3.8) is 0 Å². The first kappa shape index (κ1) is 13.2. The summed E-state index contributed by atoms with van der Waals surface area (Å²) in [7, 11) is 0. The number of nitrogens with zero attached hydrogens (tertiary/aromatic N) is 1. The van der Waals surface area contributed by atoms with Crippen LogP contribution in [0.2, 0.25) is 0 Å². The molecule has 0 fully saturated rings. The number of hydrogen-bond donors (Lipinski definition) is 2. The fourth-order valence-corrected chi connectivity index (χ4v) is 3.04. The van der Waals surface area contributed by atoms with E-state index < -0.39 is 0 Å². The van der Waals surface area contributed by atoms with Crippen molar-refractivity contribution < 1.29 is 5.11 Å². The number of hydrogen-bond acceptors (Lipinski definition) is 4. The van der Waals surface area contributed by atoms with Crippen LogP contribution in [0.4, 0.5) is 0 Å². The molecule has 0 aliphatic heterocycles. The number of aromatic nitrogens is 2. The van der Waals surface area contributed by atoms with Crippen LogP contribution in [0.1, 0.15) is 43.3 Å². The smallest absolute Gasteiger partial charge is 0.259 e. The van der Waals surface area contributed by atoms with Gasteiger partial charge in [0.1, 0.15) is 17.3 Å². The number of rotatable bonds is 6. The fourth-order valence-electron chi connectivity index (χ4n) is 1.95. The Morgan fingerprint density at radius 1 is 1.39 bits per heavy atom. The topological polar surface area (TPSA) is 66.0 Å². The summed E-state index contributed by atoms with van der Waals surface area (Å²) in [5.74, 6) is 0.340. The lowest BCUT2D eigenvalue weighted by molar-refractivity contribution is 0.271. The third kappa shape index (κ3) is 2.97. The average Bonchev–Trinajstić information content (AvgIpc) is 2.78. The Kier molecular flexibility index (Phi) is 4.49. The molecular weight excluding hydrogens is 248 g/mol. The SMILES string of the molecule is CCCCCCc1cc2c(=O)[nH]c(CO)nc2s1. The van der Waals surface area contributed by atoms with Crippen molar-refractivity contribution in [2.45, 2.75) is 45.6 Å². The van der Waals surface area contributed by atoms with Gasteiger partial charge < -0.3 is 10.1 Å². The van der Waals surface area contributed by atoms with Gasteiger partial charge in [0.15, 0.2) is 0 Å². The van der Waals surface area contributed by atoms with Gasteiger partial charge >= 0.3 is 0 Å². The van der Waals surface area contributed by atoms with Gasteiger partial charge in [0, 0.05) is 4.88 Å². The number of thiophene rings is 1. The molecule has 0 saturated heterocycles. The predicted molar refractivity (Wildman–Crippen MR) is 74.0 cm³/mol. The third-order valence-corrected chi connectivity index (χ3v) is 4.02. The standard InChI is InChI=1S/C13H18N2O2S/c1-2-3-4-5-6-9-7-10-12(17)14-11(8-16)15-13(10)18-9/h7,16H,2-6,8H2,1H3,(H,14,15,17). The summed E-state index contributed by atoms with van der Waals surface area (Å²) in [4.78, 5) is 20.5. The Morgan fingerprint density at radius 2 is 2.22 bits per heavy atom. The Morgan fingerprint density at radius 3 is 2.94 bits per heavy atom. The molecule has 2 heterocycles. The molecule has 98 valence electrons. The second kappa shape index (κ2) is 6.11. The highest BCUT2D eigenvalue weighted by molar-refractivity contribution is 7.18. The minimum Gasteiger partial charge on any atom is -0.388 e. The Hall–Kier alpha value is -1.20. The molecule has 0 spiro atoms. The maximum absolute atomic E-state index is 11.7. The molecule has 0 unspecified atom stereocenters. The van der Waals surface area contributed by atoms with E-state index in [1.54, 1.807) is 11.3 Å². The van der Waals surface area contributed by atoms with Gasteiger partial charge in [-0.1, -0.05) is 26.2 Å². The van der Waals surface area contributed by atoms with Gasteiger partial charge in [-0.2, -0.15) is 0 Å². The summed E-state index contributed by atoms with van der Waals surface area (Å²) in [5.41, 5.74) is -0.153. The molecule has 0 aromatic carbocycles. The van der Waals surface area contributed by atoms with Gasteiger partial charge in [-0.15, -0.1) is 11.3 Å². The number of aromatic amines is 1. The van der Waals surface area contributed by atoms with Crippen LogP contribution in [0.15, 0.2) is 10.9 Å². The van der Waals surface area contributed by atoms with E-state index in [1.165, 1.54) is 24.1 Å². The molecule has 0 radical (unpaired) electrons. The molecule has 2 N–H and O–H groups in total. The highest BCUT2D eigenvalue weighted by Crippen LogP contribution is 2.23. The average molecular weight is 266 g/mol. The molecule has 18 heavy (non-hydrogen) atoms. The van der Waals surface area contributed by atoms with Gasteiger partial charge in [0.2, 0.25) is 0 Å². The first-order valence-electron chi connectivity index (χ1n) is 6.37. The van der Waals surface area contributed by atoms with Crippen LogP contribution in [-0.4, -0.2) is 15.1 Å². The molecule has 0 saturated carbocycles. The largest absolute Gasteiger partial charge is 0.388 e. The van der Waals surface area contributed by atoms with Gasteiger partial charge in [-0.25, -0.2) is 4.98 Å². The first-order chi connectivity index (χ1) is 8.74. The Bertz CT molecular complexity index is 574. The Balaban J connectivity index is 2.16. The van der Waals surface area contributed by atoms with Crippen LogP contribution in [-0.2, 0) is 13.0 Å². The fraction of sp³-hybridized carbons (Fsp3) is 0.538. The second-order valence-corrected chi connectivity index (χ2v) is 5.53. The number of aliphatic hydroxyl groups is 1. The molecule has 5 heteroatoms. The van der Waals surface area contributed by atoms with Crippen LogP contribution in [0, 0.1) is 0 Å². The Labute approximate surface area is 110 Å². The molecule has 0 aliphatic carbocycles. The van der Waals surface area contributed by atoms with E-state index in [0.717, 1.165) is 17.7 Å². The van der Waals surface area contributed by atoms with E-state index in [4.69, 9.17) is 5.11 Å². The second-order valence-electron chi connectivity index (χ2n) is 4.41. The minimum absolute atomic E-state index is 0.153. The van der Waals surface area contributed by atoms with Crippen LogP contribution in [0.5, 0.6) is 0 Å². The quantitative estimate of drug-likeness (QED) is 0.790. The van der Waals surface area contributed by atoms with Gasteiger partial charge in [0.05, 0.1) is 5.39 Å². The minimum atomic E-state index is -0.227. The highest BCUT2D eigenvalue weighted by atomic mass is 32.1. The first-order valence-corrected chi connectivity index (χ1v) is 7.18. The van der Waals surface area contributed by atoms with Crippen molar-refractivity contribution in [2.24, 2.45) is 0 Å². The summed E-state index contributed by atoms with van der Waals surface area (Å²) >= 11 is 1.56. The molecular formula is C13H18N2O2S. The summed E-state index contributed by atoms with van der Waals surface area (Å²) in [6, 6.07) is 1.93. The number of nitrogens with one attached hydrogen (secondary N) is 1. The van der Waals surface area contributed by atoms with E-state index in [1.807, 2.05) is 6.07 Å². The molecule has 2 aromatic rings. The molecule has 0 aliphatic rings. The number of unbranched alkanes of at least 4 members (excludes halogenated alkanes) is 3.